The summed E-state index contributed by atoms with van der Waals surface area (Å²) in [5, 5.41) is 0. The van der Waals surface area contributed by atoms with Gasteiger partial charge in [0.2, 0.25) is 0 Å². The summed E-state index contributed by atoms with van der Waals surface area (Å²) in [5.41, 5.74) is 1.35. The van der Waals surface area contributed by atoms with Crippen molar-refractivity contribution in [3.8, 4) is 0 Å². The summed E-state index contributed by atoms with van der Waals surface area (Å²) >= 11 is 2.32. The lowest BCUT2D eigenvalue weighted by molar-refractivity contribution is 0.399. The largest absolute Gasteiger partial charge is 0.364 e. The minimum absolute atomic E-state index is 1.15. The highest BCUT2D eigenvalue weighted by atomic mass is 127. The Morgan fingerprint density at radius 1 is 1.50 bits per heavy atom. The summed E-state index contributed by atoms with van der Waals surface area (Å²) in [6.45, 7) is 1.16. The van der Waals surface area contributed by atoms with Crippen LogP contribution in [0.4, 0.5) is 0 Å². The molecule has 0 aliphatic carbocycles. The number of halogens is 1. The number of hydrogen-bond donors (Lipinski definition) is 1. The van der Waals surface area contributed by atoms with Crippen molar-refractivity contribution in [1.82, 2.24) is 9.88 Å². The van der Waals surface area contributed by atoms with Crippen LogP contribution in [0.2, 0.25) is 0 Å². The first-order chi connectivity index (χ1) is 5.68. The zero-order chi connectivity index (χ0) is 8.97. The van der Waals surface area contributed by atoms with Crippen molar-refractivity contribution < 1.29 is 0 Å². The van der Waals surface area contributed by atoms with Crippen LogP contribution in [0.15, 0.2) is 12.3 Å². The smallest absolute Gasteiger partial charge is 0.0307 e. The second-order valence-corrected chi connectivity index (χ2v) is 4.50. The van der Waals surface area contributed by atoms with Crippen LogP contribution in [0.25, 0.3) is 0 Å². The average molecular weight is 278 g/mol. The number of nitrogens with one attached hydrogen (secondary N) is 1. The molecular weight excluding hydrogens is 263 g/mol. The Hall–Kier alpha value is -0.0300. The van der Waals surface area contributed by atoms with Gasteiger partial charge in [0.15, 0.2) is 0 Å². The Morgan fingerprint density at radius 2 is 2.25 bits per heavy atom. The number of aryl methyl sites for hydroxylation is 1. The molecule has 0 aliphatic heterocycles. The van der Waals surface area contributed by atoms with Gasteiger partial charge in [-0.15, -0.1) is 0 Å². The fraction of sp³-hybridized carbons (Fsp3) is 0.556. The Kier molecular flexibility index (Phi) is 4.08. The number of H-pyrrole nitrogens is 1. The first-order valence-electron chi connectivity index (χ1n) is 4.16. The van der Waals surface area contributed by atoms with Crippen LogP contribution in [0, 0.1) is 3.57 Å². The predicted octanol–water partition coefficient (Wildman–Crippen LogP) is 2.11. The summed E-state index contributed by atoms with van der Waals surface area (Å²) in [4.78, 5) is 5.47. The molecule has 1 aromatic heterocycles. The van der Waals surface area contributed by atoms with Gasteiger partial charge in [-0.1, -0.05) is 0 Å². The normalized spacial score (nSPS) is 11.0. The average Bonchev–Trinajstić information content (AvgIpc) is 2.35. The highest BCUT2D eigenvalue weighted by molar-refractivity contribution is 14.1. The third-order valence-corrected chi connectivity index (χ3v) is 2.38. The minimum Gasteiger partial charge on any atom is -0.364 e. The molecule has 0 amide bonds. The molecule has 0 fully saturated rings. The Labute approximate surface area is 87.5 Å². The second-order valence-electron chi connectivity index (χ2n) is 3.25. The molecule has 0 aromatic carbocycles. The van der Waals surface area contributed by atoms with E-state index in [1.54, 1.807) is 0 Å². The molecule has 12 heavy (non-hydrogen) atoms. The monoisotopic (exact) mass is 278 g/mol. The predicted molar refractivity (Wildman–Crippen MR) is 60.4 cm³/mol. The highest BCUT2D eigenvalue weighted by Crippen LogP contribution is 2.07. The van der Waals surface area contributed by atoms with Gasteiger partial charge in [0.25, 0.3) is 0 Å². The summed E-state index contributed by atoms with van der Waals surface area (Å²) < 4.78 is 1.30. The molecule has 0 unspecified atom stereocenters. The SMILES string of the molecule is CN(C)CCCc1cc(I)c[nH]1. The van der Waals surface area contributed by atoms with Crippen molar-refractivity contribution in [2.45, 2.75) is 12.8 Å². The van der Waals surface area contributed by atoms with Crippen LogP contribution in [0.1, 0.15) is 12.1 Å². The quantitative estimate of drug-likeness (QED) is 0.836. The van der Waals surface area contributed by atoms with Crippen LogP contribution >= 0.6 is 22.6 Å². The molecule has 0 radical (unpaired) electrons. The molecule has 1 rings (SSSR count). The summed E-state index contributed by atoms with van der Waals surface area (Å²) in [7, 11) is 4.22. The second kappa shape index (κ2) is 4.87. The minimum atomic E-state index is 1.15. The third-order valence-electron chi connectivity index (χ3n) is 1.76. The van der Waals surface area contributed by atoms with Crippen molar-refractivity contribution in [1.29, 1.82) is 0 Å². The van der Waals surface area contributed by atoms with Crippen LogP contribution in [-0.2, 0) is 6.42 Å². The van der Waals surface area contributed by atoms with E-state index in [-0.39, 0.29) is 0 Å². The van der Waals surface area contributed by atoms with Gasteiger partial charge >= 0.3 is 0 Å². The van der Waals surface area contributed by atoms with Gasteiger partial charge in [-0.05, 0) is 62.1 Å². The Bertz CT molecular complexity index is 230. The Balaban J connectivity index is 2.24. The van der Waals surface area contributed by atoms with Crippen LogP contribution in [-0.4, -0.2) is 30.5 Å². The van der Waals surface area contributed by atoms with Gasteiger partial charge in [-0.25, -0.2) is 0 Å². The molecule has 0 saturated heterocycles. The van der Waals surface area contributed by atoms with Crippen molar-refractivity contribution >= 4 is 22.6 Å². The molecule has 3 heteroatoms. The standard InChI is InChI=1S/C9H15IN2/c1-12(2)5-3-4-9-6-8(10)7-11-9/h6-7,11H,3-5H2,1-2H3. The van der Waals surface area contributed by atoms with Gasteiger partial charge < -0.3 is 9.88 Å². The van der Waals surface area contributed by atoms with E-state index < -0.39 is 0 Å². The lowest BCUT2D eigenvalue weighted by atomic mass is 10.2. The van der Waals surface area contributed by atoms with E-state index in [2.05, 4.69) is 52.6 Å². The molecule has 1 aromatic rings. The van der Waals surface area contributed by atoms with E-state index in [1.165, 1.54) is 15.7 Å². The third kappa shape index (κ3) is 3.58. The van der Waals surface area contributed by atoms with Crippen LogP contribution in [0.3, 0.4) is 0 Å². The molecule has 0 aliphatic rings. The van der Waals surface area contributed by atoms with E-state index in [9.17, 15) is 0 Å². The molecular formula is C9H15IN2. The molecule has 1 heterocycles. The van der Waals surface area contributed by atoms with Gasteiger partial charge in [0.1, 0.15) is 0 Å². The van der Waals surface area contributed by atoms with Crippen molar-refractivity contribution in [2.24, 2.45) is 0 Å². The van der Waals surface area contributed by atoms with Crippen molar-refractivity contribution in [2.75, 3.05) is 20.6 Å². The number of aromatic amines is 1. The van der Waals surface area contributed by atoms with E-state index in [1.807, 2.05) is 6.20 Å². The van der Waals surface area contributed by atoms with Gasteiger partial charge in [0, 0.05) is 15.5 Å². The first kappa shape index (κ1) is 10.1. The van der Waals surface area contributed by atoms with E-state index in [4.69, 9.17) is 0 Å². The molecule has 2 nitrogen and oxygen atoms in total. The molecule has 0 bridgehead atoms. The topological polar surface area (TPSA) is 19.0 Å². The van der Waals surface area contributed by atoms with Crippen molar-refractivity contribution in [3.05, 3.63) is 21.5 Å². The maximum absolute atomic E-state index is 3.25. The number of aromatic nitrogens is 1. The van der Waals surface area contributed by atoms with E-state index >= 15 is 0 Å². The molecule has 0 atom stereocenters. The maximum Gasteiger partial charge on any atom is 0.0307 e. The first-order valence-corrected chi connectivity index (χ1v) is 5.24. The lowest BCUT2D eigenvalue weighted by Gasteiger charge is -2.07. The molecule has 0 spiro atoms. The summed E-state index contributed by atoms with van der Waals surface area (Å²) in [6.07, 6.45) is 4.43. The van der Waals surface area contributed by atoms with E-state index in [0.717, 1.165) is 13.0 Å². The van der Waals surface area contributed by atoms with E-state index in [0.29, 0.717) is 0 Å². The Morgan fingerprint density at radius 3 is 2.75 bits per heavy atom. The fourth-order valence-corrected chi connectivity index (χ4v) is 1.67. The molecule has 1 N–H and O–H groups in total. The molecule has 68 valence electrons. The zero-order valence-corrected chi connectivity index (χ0v) is 9.76. The zero-order valence-electron chi connectivity index (χ0n) is 7.60. The summed E-state index contributed by atoms with van der Waals surface area (Å²) in [5.74, 6) is 0. The number of nitrogens with zero attached hydrogens (tertiary/aromatic N) is 1. The van der Waals surface area contributed by atoms with Gasteiger partial charge in [-0.2, -0.15) is 0 Å². The fourth-order valence-electron chi connectivity index (χ4n) is 1.14. The van der Waals surface area contributed by atoms with Crippen LogP contribution < -0.4 is 0 Å². The van der Waals surface area contributed by atoms with Gasteiger partial charge in [-0.3, -0.25) is 0 Å². The van der Waals surface area contributed by atoms with Crippen molar-refractivity contribution in [3.63, 3.8) is 0 Å². The number of rotatable bonds is 4. The number of hydrogen-bond acceptors (Lipinski definition) is 1. The highest BCUT2D eigenvalue weighted by Gasteiger charge is 1.96. The summed E-state index contributed by atoms with van der Waals surface area (Å²) in [6, 6.07) is 2.20. The maximum atomic E-state index is 3.25. The lowest BCUT2D eigenvalue weighted by Crippen LogP contribution is -2.13. The van der Waals surface area contributed by atoms with Crippen LogP contribution in [0.5, 0.6) is 0 Å². The van der Waals surface area contributed by atoms with Gasteiger partial charge in [0.05, 0.1) is 0 Å². The molecule has 0 saturated carbocycles.